The summed E-state index contributed by atoms with van der Waals surface area (Å²) in [5.74, 6) is 0.959. The van der Waals surface area contributed by atoms with Gasteiger partial charge in [0.05, 0.1) is 0 Å². The second kappa shape index (κ2) is 3.56. The fourth-order valence-corrected chi connectivity index (χ4v) is 3.55. The average molecular weight is 188 g/mol. The minimum atomic E-state index is 0.959. The molecule has 2 saturated carbocycles. The molecule has 0 aliphatic heterocycles. The summed E-state index contributed by atoms with van der Waals surface area (Å²) in [6.45, 7) is 0. The van der Waals surface area contributed by atoms with Crippen molar-refractivity contribution in [2.24, 2.45) is 5.92 Å². The van der Waals surface area contributed by atoms with Crippen molar-refractivity contribution in [1.82, 2.24) is 0 Å². The van der Waals surface area contributed by atoms with Gasteiger partial charge in [0.25, 0.3) is 0 Å². The van der Waals surface area contributed by atoms with Crippen LogP contribution in [0.15, 0.2) is 22.8 Å². The Balaban J connectivity index is 1.95. The van der Waals surface area contributed by atoms with E-state index in [9.17, 15) is 0 Å². The van der Waals surface area contributed by atoms with Crippen molar-refractivity contribution in [3.8, 4) is 0 Å². The van der Waals surface area contributed by atoms with E-state index in [0.717, 1.165) is 5.92 Å². The molecule has 3 rings (SSSR count). The topological polar surface area (TPSA) is 0 Å². The third-order valence-corrected chi connectivity index (χ3v) is 4.29. The van der Waals surface area contributed by atoms with Crippen LogP contribution in [0, 0.1) is 5.92 Å². The zero-order valence-corrected chi connectivity index (χ0v) is 9.02. The van der Waals surface area contributed by atoms with E-state index < -0.39 is 0 Å². The Hall–Kier alpha value is -0.520. The van der Waals surface area contributed by atoms with Crippen LogP contribution >= 0.6 is 0 Å². The summed E-state index contributed by atoms with van der Waals surface area (Å²) >= 11 is 0. The summed E-state index contributed by atoms with van der Waals surface area (Å²) < 4.78 is 0. The lowest BCUT2D eigenvalue weighted by molar-refractivity contribution is 0.437. The Morgan fingerprint density at radius 3 is 2.79 bits per heavy atom. The summed E-state index contributed by atoms with van der Waals surface area (Å²) in [6, 6.07) is 0. The molecule has 0 aromatic rings. The van der Waals surface area contributed by atoms with E-state index in [1.54, 1.807) is 5.57 Å². The van der Waals surface area contributed by atoms with E-state index in [1.165, 1.54) is 57.8 Å². The predicted octanol–water partition coefficient (Wildman–Crippen LogP) is 4.38. The first-order valence-electron chi connectivity index (χ1n) is 6.36. The predicted molar refractivity (Wildman–Crippen MR) is 60.2 cm³/mol. The molecule has 2 fully saturated rings. The second-order valence-electron chi connectivity index (χ2n) is 5.12. The monoisotopic (exact) mass is 188 g/mol. The van der Waals surface area contributed by atoms with E-state index >= 15 is 0 Å². The fraction of sp³-hybridized carbons (Fsp3) is 0.714. The lowest BCUT2D eigenvalue weighted by atomic mass is 9.71. The lowest BCUT2D eigenvalue weighted by Gasteiger charge is -2.34. The van der Waals surface area contributed by atoms with Gasteiger partial charge in [-0.25, -0.2) is 0 Å². The molecule has 0 heterocycles. The van der Waals surface area contributed by atoms with Crippen LogP contribution < -0.4 is 0 Å². The molecule has 0 nitrogen and oxygen atoms in total. The SMILES string of the molecule is C1=C2CCCCC2=C2CCCC[C@@H]2C1. The highest BCUT2D eigenvalue weighted by molar-refractivity contribution is 5.41. The number of allylic oxidation sites excluding steroid dienone is 4. The van der Waals surface area contributed by atoms with Gasteiger partial charge in [-0.3, -0.25) is 0 Å². The van der Waals surface area contributed by atoms with Crippen LogP contribution in [0.1, 0.15) is 57.8 Å². The first-order chi connectivity index (χ1) is 6.95. The summed E-state index contributed by atoms with van der Waals surface area (Å²) in [7, 11) is 0. The average Bonchev–Trinajstić information content (AvgIpc) is 2.29. The largest absolute Gasteiger partial charge is 0.0804 e. The number of hydrogen-bond donors (Lipinski definition) is 0. The van der Waals surface area contributed by atoms with Crippen molar-refractivity contribution in [3.63, 3.8) is 0 Å². The van der Waals surface area contributed by atoms with E-state index in [2.05, 4.69) is 6.08 Å². The van der Waals surface area contributed by atoms with Crippen molar-refractivity contribution in [2.75, 3.05) is 0 Å². The van der Waals surface area contributed by atoms with E-state index in [1.807, 2.05) is 11.1 Å². The molecule has 0 aromatic heterocycles. The molecule has 0 N–H and O–H groups in total. The molecular formula is C14H20. The Morgan fingerprint density at radius 1 is 0.929 bits per heavy atom. The third kappa shape index (κ3) is 1.36. The Kier molecular flexibility index (Phi) is 2.23. The first kappa shape index (κ1) is 8.76. The minimum absolute atomic E-state index is 0.959. The molecule has 0 spiro atoms. The van der Waals surface area contributed by atoms with Crippen LogP contribution in [-0.4, -0.2) is 0 Å². The lowest BCUT2D eigenvalue weighted by Crippen LogP contribution is -2.18. The highest BCUT2D eigenvalue weighted by Crippen LogP contribution is 2.44. The van der Waals surface area contributed by atoms with Gasteiger partial charge < -0.3 is 0 Å². The molecule has 76 valence electrons. The summed E-state index contributed by atoms with van der Waals surface area (Å²) in [4.78, 5) is 0. The second-order valence-corrected chi connectivity index (χ2v) is 5.12. The Morgan fingerprint density at radius 2 is 1.79 bits per heavy atom. The zero-order valence-electron chi connectivity index (χ0n) is 9.02. The van der Waals surface area contributed by atoms with E-state index in [-0.39, 0.29) is 0 Å². The number of fused-ring (bicyclic) bond motifs is 2. The quantitative estimate of drug-likeness (QED) is 0.529. The summed E-state index contributed by atoms with van der Waals surface area (Å²) in [5.41, 5.74) is 5.44. The van der Waals surface area contributed by atoms with E-state index in [0.29, 0.717) is 0 Å². The van der Waals surface area contributed by atoms with Gasteiger partial charge in [-0.1, -0.05) is 18.1 Å². The molecule has 3 aliphatic rings. The summed E-state index contributed by atoms with van der Waals surface area (Å²) in [5, 5.41) is 0. The normalized spacial score (nSPS) is 32.0. The standard InChI is InChI=1S/C14H20/c1-3-7-13-11(5-1)9-10-12-6-2-4-8-14(12)13/h9,12H,1-8,10H2/t12-/m1/s1. The molecule has 0 radical (unpaired) electrons. The van der Waals surface area contributed by atoms with Gasteiger partial charge >= 0.3 is 0 Å². The van der Waals surface area contributed by atoms with Crippen LogP contribution in [0.3, 0.4) is 0 Å². The van der Waals surface area contributed by atoms with Gasteiger partial charge in [0.1, 0.15) is 0 Å². The zero-order chi connectivity index (χ0) is 9.38. The highest BCUT2D eigenvalue weighted by atomic mass is 14.3. The van der Waals surface area contributed by atoms with Crippen LogP contribution in [0.25, 0.3) is 0 Å². The Bertz CT molecular complexity index is 293. The van der Waals surface area contributed by atoms with Crippen molar-refractivity contribution < 1.29 is 0 Å². The van der Waals surface area contributed by atoms with Gasteiger partial charge in [-0.2, -0.15) is 0 Å². The third-order valence-electron chi connectivity index (χ3n) is 4.29. The van der Waals surface area contributed by atoms with Crippen molar-refractivity contribution in [2.45, 2.75) is 57.8 Å². The maximum Gasteiger partial charge on any atom is -0.0163 e. The molecule has 3 aliphatic carbocycles. The van der Waals surface area contributed by atoms with Crippen LogP contribution in [0.5, 0.6) is 0 Å². The van der Waals surface area contributed by atoms with Crippen molar-refractivity contribution in [1.29, 1.82) is 0 Å². The molecule has 1 atom stereocenters. The first-order valence-corrected chi connectivity index (χ1v) is 6.36. The molecular weight excluding hydrogens is 168 g/mol. The van der Waals surface area contributed by atoms with Gasteiger partial charge in [-0.15, -0.1) is 0 Å². The van der Waals surface area contributed by atoms with Gasteiger partial charge in [0, 0.05) is 0 Å². The molecule has 0 aromatic carbocycles. The highest BCUT2D eigenvalue weighted by Gasteiger charge is 2.27. The van der Waals surface area contributed by atoms with Gasteiger partial charge in [-0.05, 0) is 68.4 Å². The molecule has 0 saturated heterocycles. The van der Waals surface area contributed by atoms with Crippen LogP contribution in [0.4, 0.5) is 0 Å². The van der Waals surface area contributed by atoms with Crippen molar-refractivity contribution in [3.05, 3.63) is 22.8 Å². The van der Waals surface area contributed by atoms with Crippen LogP contribution in [-0.2, 0) is 0 Å². The Labute approximate surface area is 87.1 Å². The van der Waals surface area contributed by atoms with Gasteiger partial charge in [0.2, 0.25) is 0 Å². The fourth-order valence-electron chi connectivity index (χ4n) is 3.55. The maximum atomic E-state index is 2.56. The molecule has 0 heteroatoms. The number of rotatable bonds is 0. The molecule has 0 unspecified atom stereocenters. The minimum Gasteiger partial charge on any atom is -0.0804 e. The summed E-state index contributed by atoms with van der Waals surface area (Å²) in [6.07, 6.45) is 15.4. The maximum absolute atomic E-state index is 2.56. The smallest absolute Gasteiger partial charge is 0.0163 e. The number of hydrogen-bond acceptors (Lipinski definition) is 0. The van der Waals surface area contributed by atoms with Crippen molar-refractivity contribution >= 4 is 0 Å². The molecule has 0 amide bonds. The van der Waals surface area contributed by atoms with E-state index in [4.69, 9.17) is 0 Å². The molecule has 14 heavy (non-hydrogen) atoms. The van der Waals surface area contributed by atoms with Crippen LogP contribution in [0.2, 0.25) is 0 Å². The van der Waals surface area contributed by atoms with Gasteiger partial charge in [0.15, 0.2) is 0 Å². The molecule has 0 bridgehead atoms.